The smallest absolute Gasteiger partial charge is 0.407 e. The second-order valence-electron chi connectivity index (χ2n) is 18.5. The third-order valence-corrected chi connectivity index (χ3v) is 9.92. The number of ether oxygens (including phenoxy) is 8. The minimum absolute atomic E-state index is 0.00663. The summed E-state index contributed by atoms with van der Waals surface area (Å²) in [6, 6.07) is 5.22. The van der Waals surface area contributed by atoms with Gasteiger partial charge in [0, 0.05) is 56.0 Å². The number of Topliss-reactive ketones (excluding diaryl/α,β-unsaturated/α-hetero) is 2. The summed E-state index contributed by atoms with van der Waals surface area (Å²) >= 11 is 0. The van der Waals surface area contributed by atoms with Crippen molar-refractivity contribution in [1.29, 1.82) is 0 Å². The van der Waals surface area contributed by atoms with Gasteiger partial charge in [-0.25, -0.2) is 9.59 Å². The average molecular weight is 954 g/mol. The second kappa shape index (κ2) is 35.8. The fourth-order valence-corrected chi connectivity index (χ4v) is 5.86. The number of carbonyl (C=O) groups is 6. The molecule has 0 unspecified atom stereocenters. The molecule has 0 bridgehead atoms. The first-order valence-electron chi connectivity index (χ1n) is 23.5. The zero-order chi connectivity index (χ0) is 49.9. The second-order valence-corrected chi connectivity index (χ2v) is 18.5. The third-order valence-electron chi connectivity index (χ3n) is 9.92. The van der Waals surface area contributed by atoms with E-state index in [4.69, 9.17) is 43.6 Å². The van der Waals surface area contributed by atoms with Crippen LogP contribution in [0.4, 0.5) is 15.3 Å². The summed E-state index contributed by atoms with van der Waals surface area (Å²) in [7, 11) is 0. The van der Waals surface area contributed by atoms with E-state index in [0.29, 0.717) is 103 Å². The zero-order valence-corrected chi connectivity index (χ0v) is 41.6. The highest BCUT2D eigenvalue weighted by Crippen LogP contribution is 2.20. The topological polar surface area (TPSA) is 250 Å². The molecule has 0 spiro atoms. The molecule has 67 heavy (non-hydrogen) atoms. The van der Waals surface area contributed by atoms with Gasteiger partial charge in [0.25, 0.3) is 0 Å². The van der Waals surface area contributed by atoms with Gasteiger partial charge in [-0.05, 0) is 48.3 Å². The van der Waals surface area contributed by atoms with Gasteiger partial charge in [0.15, 0.2) is 5.78 Å². The van der Waals surface area contributed by atoms with Crippen LogP contribution in [0, 0.1) is 22.7 Å². The van der Waals surface area contributed by atoms with E-state index in [-0.39, 0.29) is 86.4 Å². The lowest BCUT2D eigenvalue weighted by atomic mass is 9.89. The van der Waals surface area contributed by atoms with E-state index in [1.807, 2.05) is 34.6 Å². The summed E-state index contributed by atoms with van der Waals surface area (Å²) in [4.78, 5) is 75.3. The number of rotatable bonds is 39. The van der Waals surface area contributed by atoms with E-state index in [9.17, 15) is 28.8 Å². The van der Waals surface area contributed by atoms with Gasteiger partial charge in [0.2, 0.25) is 11.8 Å². The normalized spacial score (nSPS) is 12.6. The minimum Gasteiger partial charge on any atom is -0.445 e. The van der Waals surface area contributed by atoms with Crippen LogP contribution in [0.5, 0.6) is 0 Å². The quantitative estimate of drug-likeness (QED) is 0.0548. The molecule has 19 nitrogen and oxygen atoms in total. The number of urea groups is 1. The van der Waals surface area contributed by atoms with Crippen LogP contribution in [-0.4, -0.2) is 147 Å². The number of benzene rings is 1. The highest BCUT2D eigenvalue weighted by Gasteiger charge is 2.29. The predicted octanol–water partition coefficient (Wildman–Crippen LogP) is 4.96. The summed E-state index contributed by atoms with van der Waals surface area (Å²) in [6.07, 6.45) is 1.28. The van der Waals surface area contributed by atoms with Gasteiger partial charge in [-0.3, -0.25) is 19.2 Å². The number of anilines is 1. The molecule has 1 aromatic rings. The molecule has 0 aromatic heterocycles. The molecule has 1 aromatic carbocycles. The van der Waals surface area contributed by atoms with Crippen LogP contribution in [0.25, 0.3) is 0 Å². The van der Waals surface area contributed by atoms with Crippen molar-refractivity contribution in [2.45, 2.75) is 107 Å². The molecule has 0 fully saturated rings. The first-order valence-corrected chi connectivity index (χ1v) is 23.5. The molecule has 0 aliphatic heterocycles. The van der Waals surface area contributed by atoms with Gasteiger partial charge in [-0.1, -0.05) is 67.5 Å². The predicted molar refractivity (Wildman–Crippen MR) is 253 cm³/mol. The highest BCUT2D eigenvalue weighted by molar-refractivity contribution is 5.97. The number of nitrogens with one attached hydrogen (secondary N) is 4. The Morgan fingerprint density at radius 3 is 1.64 bits per heavy atom. The van der Waals surface area contributed by atoms with Crippen LogP contribution in [0.2, 0.25) is 0 Å². The largest absolute Gasteiger partial charge is 0.445 e. The summed E-state index contributed by atoms with van der Waals surface area (Å²) in [5.74, 6) is -1.93. The van der Waals surface area contributed by atoms with E-state index in [1.165, 1.54) is 0 Å². The monoisotopic (exact) mass is 954 g/mol. The molecule has 1 rings (SSSR count). The summed E-state index contributed by atoms with van der Waals surface area (Å²) < 4.78 is 43.8. The Labute approximate surface area is 398 Å². The number of amides is 5. The Bertz CT molecular complexity index is 1550. The summed E-state index contributed by atoms with van der Waals surface area (Å²) in [6.45, 7) is 21.7. The molecule has 0 saturated heterocycles. The molecule has 6 N–H and O–H groups in total. The van der Waals surface area contributed by atoms with Gasteiger partial charge in [-0.15, -0.1) is 0 Å². The lowest BCUT2D eigenvalue weighted by molar-refractivity contribution is -0.131. The van der Waals surface area contributed by atoms with Crippen LogP contribution in [-0.2, 0) is 63.7 Å². The van der Waals surface area contributed by atoms with Gasteiger partial charge in [0.1, 0.15) is 12.4 Å². The molecular weight excluding hydrogens is 871 g/mol. The van der Waals surface area contributed by atoms with Crippen molar-refractivity contribution in [1.82, 2.24) is 16.0 Å². The Balaban J connectivity index is 2.41. The van der Waals surface area contributed by atoms with Crippen molar-refractivity contribution >= 4 is 41.2 Å². The molecule has 0 radical (unpaired) electrons. The van der Waals surface area contributed by atoms with E-state index in [0.717, 1.165) is 6.42 Å². The fourth-order valence-electron chi connectivity index (χ4n) is 5.86. The Kier molecular flexibility index (Phi) is 32.5. The van der Waals surface area contributed by atoms with Crippen LogP contribution < -0.4 is 27.0 Å². The number of carbonyl (C=O) groups excluding carboxylic acids is 6. The van der Waals surface area contributed by atoms with Gasteiger partial charge < -0.3 is 64.9 Å². The van der Waals surface area contributed by atoms with Crippen LogP contribution in [0.1, 0.15) is 99.5 Å². The van der Waals surface area contributed by atoms with Crippen molar-refractivity contribution in [2.24, 2.45) is 28.4 Å². The van der Waals surface area contributed by atoms with Gasteiger partial charge in [-0.2, -0.15) is 0 Å². The molecule has 384 valence electrons. The maximum atomic E-state index is 13.6. The van der Waals surface area contributed by atoms with E-state index in [1.54, 1.807) is 24.3 Å². The molecule has 2 atom stereocenters. The number of hydrogen-bond acceptors (Lipinski definition) is 14. The Morgan fingerprint density at radius 2 is 1.13 bits per heavy atom. The number of hydrogen-bond donors (Lipinski definition) is 5. The number of primary amides is 1. The number of ketones is 2. The van der Waals surface area contributed by atoms with Gasteiger partial charge >= 0.3 is 12.1 Å². The van der Waals surface area contributed by atoms with Crippen LogP contribution in [0.15, 0.2) is 24.3 Å². The molecule has 5 amide bonds. The van der Waals surface area contributed by atoms with Crippen molar-refractivity contribution in [3.63, 3.8) is 0 Å². The molecule has 0 aliphatic carbocycles. The summed E-state index contributed by atoms with van der Waals surface area (Å²) in [5.41, 5.74) is 6.23. The van der Waals surface area contributed by atoms with Gasteiger partial charge in [0.05, 0.1) is 91.9 Å². The fraction of sp³-hybridized carbons (Fsp3) is 0.750. The maximum absolute atomic E-state index is 13.6. The maximum Gasteiger partial charge on any atom is 0.407 e. The number of nitrogens with two attached hydrogens (primary N) is 1. The highest BCUT2D eigenvalue weighted by atomic mass is 16.6. The van der Waals surface area contributed by atoms with Crippen molar-refractivity contribution in [3.05, 3.63) is 29.8 Å². The Morgan fingerprint density at radius 1 is 0.627 bits per heavy atom. The lowest BCUT2D eigenvalue weighted by Gasteiger charge is -2.24. The molecule has 19 heteroatoms. The zero-order valence-electron chi connectivity index (χ0n) is 41.6. The first-order chi connectivity index (χ1) is 31.8. The van der Waals surface area contributed by atoms with Crippen molar-refractivity contribution in [3.8, 4) is 0 Å². The van der Waals surface area contributed by atoms with E-state index < -0.39 is 30.0 Å². The minimum atomic E-state index is -0.837. The van der Waals surface area contributed by atoms with E-state index >= 15 is 0 Å². The lowest BCUT2D eigenvalue weighted by Crippen LogP contribution is -2.45. The van der Waals surface area contributed by atoms with Crippen molar-refractivity contribution < 1.29 is 66.7 Å². The molecular formula is C48H83N5O14. The molecule has 0 saturated carbocycles. The standard InChI is InChI=1S/C48H83N5O14/c1-36(2)43(53-42(56)16-21-61-25-29-65-31-33-66-32-30-64-28-24-60-20-15-41(55)48(6,7)8)40(54)34-38(10-9-18-50-45(49)58)44(57)52-39-13-11-37(12-14-39)35-67-46(59)51-19-23-63-27-26-62-22-17-47(3,4)5/h11-14,36,38,43H,9-10,15-35H2,1-8H3,(H,51,59)(H,52,57)(H,53,56)(H3,49,50,58)/t38-,43+/m0/s1. The first kappa shape index (κ1) is 60.8. The molecule has 0 heterocycles. The number of alkyl carbamates (subject to hydrolysis) is 1. The Hall–Kier alpha value is -4.24. The molecule has 0 aliphatic rings. The summed E-state index contributed by atoms with van der Waals surface area (Å²) in [5, 5.41) is 10.8. The van der Waals surface area contributed by atoms with Crippen molar-refractivity contribution in [2.75, 3.05) is 111 Å². The third kappa shape index (κ3) is 33.8. The van der Waals surface area contributed by atoms with E-state index in [2.05, 4.69) is 42.0 Å². The van der Waals surface area contributed by atoms with Crippen LogP contribution in [0.3, 0.4) is 0 Å². The SMILES string of the molecule is CC(C)[C@@H](NC(=O)CCOCCOCCOCCOCCOCCC(=O)C(C)(C)C)C(=O)C[C@H](CCCNC(N)=O)C(=O)Nc1ccc(COC(=O)NCCOCCOCCC(C)(C)C)cc1. The van der Waals surface area contributed by atoms with Crippen LogP contribution >= 0.6 is 0 Å². The average Bonchev–Trinajstić information content (AvgIpc) is 3.25.